The SMILES string of the molecule is CCC1(OC(=O)C2C3CCC4C(C3)OC(=O)C42)C2CC3CC(C2)CC1C3. The van der Waals surface area contributed by atoms with Gasteiger partial charge in [-0.3, -0.25) is 9.59 Å². The van der Waals surface area contributed by atoms with Crippen LogP contribution in [0.2, 0.25) is 0 Å². The number of esters is 2. The van der Waals surface area contributed by atoms with Gasteiger partial charge in [-0.05, 0) is 87.4 Å². The fraction of sp³-hybridized carbons (Fsp3) is 0.909. The molecule has 1 aliphatic heterocycles. The van der Waals surface area contributed by atoms with Crippen LogP contribution in [0.25, 0.3) is 0 Å². The number of rotatable bonds is 3. The van der Waals surface area contributed by atoms with E-state index in [0.29, 0.717) is 17.8 Å². The van der Waals surface area contributed by atoms with Gasteiger partial charge in [-0.2, -0.15) is 0 Å². The molecule has 7 saturated carbocycles. The zero-order chi connectivity index (χ0) is 17.6. The van der Waals surface area contributed by atoms with Crippen LogP contribution in [0.4, 0.5) is 0 Å². The minimum absolute atomic E-state index is 0.0590. The van der Waals surface area contributed by atoms with Gasteiger partial charge in [-0.1, -0.05) is 6.92 Å². The topological polar surface area (TPSA) is 52.6 Å². The van der Waals surface area contributed by atoms with Crippen LogP contribution in [-0.2, 0) is 19.1 Å². The Balaban J connectivity index is 1.29. The van der Waals surface area contributed by atoms with Gasteiger partial charge in [0.1, 0.15) is 11.7 Å². The Morgan fingerprint density at radius 3 is 2.42 bits per heavy atom. The Bertz CT molecular complexity index is 627. The molecular formula is C22H30O4. The number of fused-ring (bicyclic) bond motifs is 1. The van der Waals surface area contributed by atoms with Crippen molar-refractivity contribution in [2.45, 2.75) is 76.4 Å². The zero-order valence-electron chi connectivity index (χ0n) is 15.7. The van der Waals surface area contributed by atoms with Gasteiger partial charge in [0.2, 0.25) is 0 Å². The van der Waals surface area contributed by atoms with E-state index < -0.39 is 0 Å². The van der Waals surface area contributed by atoms with E-state index in [4.69, 9.17) is 9.47 Å². The maximum absolute atomic E-state index is 13.4. The Morgan fingerprint density at radius 2 is 1.77 bits per heavy atom. The van der Waals surface area contributed by atoms with E-state index in [1.54, 1.807) is 0 Å². The minimum Gasteiger partial charge on any atom is -0.462 e. The van der Waals surface area contributed by atoms with Crippen LogP contribution in [0.15, 0.2) is 0 Å². The van der Waals surface area contributed by atoms with Crippen molar-refractivity contribution < 1.29 is 19.1 Å². The molecule has 0 radical (unpaired) electrons. The molecule has 8 aliphatic rings. The molecule has 8 bridgehead atoms. The van der Waals surface area contributed by atoms with Gasteiger partial charge in [0.15, 0.2) is 0 Å². The van der Waals surface area contributed by atoms with Gasteiger partial charge in [0, 0.05) is 5.92 Å². The maximum atomic E-state index is 13.4. The van der Waals surface area contributed by atoms with Crippen LogP contribution < -0.4 is 0 Å². The Labute approximate surface area is 155 Å². The first-order chi connectivity index (χ1) is 12.6. The van der Waals surface area contributed by atoms with E-state index in [1.165, 1.54) is 32.1 Å². The highest BCUT2D eigenvalue weighted by Crippen LogP contribution is 2.61. The lowest BCUT2D eigenvalue weighted by Crippen LogP contribution is -2.60. The molecule has 0 aromatic carbocycles. The zero-order valence-corrected chi connectivity index (χ0v) is 15.7. The molecule has 0 N–H and O–H groups in total. The van der Waals surface area contributed by atoms with Gasteiger partial charge in [-0.15, -0.1) is 0 Å². The first-order valence-corrected chi connectivity index (χ1v) is 11.0. The van der Waals surface area contributed by atoms with E-state index in [-0.39, 0.29) is 41.4 Å². The van der Waals surface area contributed by atoms with E-state index in [9.17, 15) is 9.59 Å². The van der Waals surface area contributed by atoms with Crippen molar-refractivity contribution in [1.82, 2.24) is 0 Å². The van der Waals surface area contributed by atoms with Crippen molar-refractivity contribution in [3.8, 4) is 0 Å². The summed E-state index contributed by atoms with van der Waals surface area (Å²) in [5.41, 5.74) is -0.247. The molecule has 8 fully saturated rings. The molecule has 1 heterocycles. The van der Waals surface area contributed by atoms with Gasteiger partial charge in [0.25, 0.3) is 0 Å². The second-order valence-corrected chi connectivity index (χ2v) is 10.3. The van der Waals surface area contributed by atoms with Gasteiger partial charge in [-0.25, -0.2) is 0 Å². The minimum atomic E-state index is -0.247. The number of ether oxygens (including phenoxy) is 2. The molecule has 0 aromatic rings. The predicted octanol–water partition coefficient (Wildman–Crippen LogP) is 3.72. The number of carbonyl (C=O) groups excluding carboxylic acids is 2. The van der Waals surface area contributed by atoms with Crippen LogP contribution >= 0.6 is 0 Å². The van der Waals surface area contributed by atoms with Crippen molar-refractivity contribution in [2.75, 3.05) is 0 Å². The quantitative estimate of drug-likeness (QED) is 0.722. The van der Waals surface area contributed by atoms with Crippen molar-refractivity contribution in [3.05, 3.63) is 0 Å². The first-order valence-electron chi connectivity index (χ1n) is 11.0. The highest BCUT2D eigenvalue weighted by molar-refractivity contribution is 5.85. The molecule has 1 saturated heterocycles. The van der Waals surface area contributed by atoms with Crippen molar-refractivity contribution in [2.24, 2.45) is 47.3 Å². The summed E-state index contributed by atoms with van der Waals surface area (Å²) in [5.74, 6) is 2.76. The van der Waals surface area contributed by atoms with Gasteiger partial charge >= 0.3 is 11.9 Å². The largest absolute Gasteiger partial charge is 0.462 e. The monoisotopic (exact) mass is 358 g/mol. The summed E-state index contributed by atoms with van der Waals surface area (Å²) in [7, 11) is 0. The van der Waals surface area contributed by atoms with Crippen molar-refractivity contribution in [3.63, 3.8) is 0 Å². The average Bonchev–Trinajstić information content (AvgIpc) is 2.89. The van der Waals surface area contributed by atoms with Gasteiger partial charge in [0.05, 0.1) is 11.8 Å². The van der Waals surface area contributed by atoms with Crippen LogP contribution in [0.3, 0.4) is 0 Å². The van der Waals surface area contributed by atoms with E-state index in [2.05, 4.69) is 6.92 Å². The number of carbonyl (C=O) groups is 2. The molecule has 7 aliphatic carbocycles. The molecule has 4 nitrogen and oxygen atoms in total. The Morgan fingerprint density at radius 1 is 1.08 bits per heavy atom. The normalized spacial score (nSPS) is 55.9. The fourth-order valence-electron chi connectivity index (χ4n) is 8.56. The summed E-state index contributed by atoms with van der Waals surface area (Å²) in [5, 5.41) is 0. The predicted molar refractivity (Wildman–Crippen MR) is 93.9 cm³/mol. The molecule has 0 aromatic heterocycles. The summed E-state index contributed by atoms with van der Waals surface area (Å²) in [4.78, 5) is 25.9. The smallest absolute Gasteiger partial charge is 0.310 e. The van der Waals surface area contributed by atoms with E-state index >= 15 is 0 Å². The molecule has 0 amide bonds. The highest BCUT2D eigenvalue weighted by atomic mass is 16.6. The first kappa shape index (κ1) is 15.9. The average molecular weight is 358 g/mol. The lowest BCUT2D eigenvalue weighted by Gasteiger charge is -2.60. The molecular weight excluding hydrogens is 328 g/mol. The summed E-state index contributed by atoms with van der Waals surface area (Å²) in [6.45, 7) is 2.21. The fourth-order valence-corrected chi connectivity index (χ4v) is 8.56. The van der Waals surface area contributed by atoms with Gasteiger partial charge < -0.3 is 9.47 Å². The second-order valence-electron chi connectivity index (χ2n) is 10.3. The number of hydrogen-bond acceptors (Lipinski definition) is 4. The molecule has 5 unspecified atom stereocenters. The summed E-state index contributed by atoms with van der Waals surface area (Å²) >= 11 is 0. The molecule has 4 heteroatoms. The third-order valence-electron chi connectivity index (χ3n) is 9.41. The van der Waals surface area contributed by atoms with E-state index in [1.807, 2.05) is 0 Å². The third kappa shape index (κ3) is 1.91. The lowest BCUT2D eigenvalue weighted by molar-refractivity contribution is -0.219. The Hall–Kier alpha value is -1.06. The molecule has 0 spiro atoms. The molecule has 5 atom stereocenters. The summed E-state index contributed by atoms with van der Waals surface area (Å²) < 4.78 is 12.1. The molecule has 142 valence electrons. The maximum Gasteiger partial charge on any atom is 0.310 e. The lowest BCUT2D eigenvalue weighted by atomic mass is 9.49. The molecule has 8 rings (SSSR count). The van der Waals surface area contributed by atoms with Crippen LogP contribution in [0, 0.1) is 47.3 Å². The summed E-state index contributed by atoms with van der Waals surface area (Å²) in [6, 6.07) is 0. The van der Waals surface area contributed by atoms with E-state index in [0.717, 1.165) is 37.5 Å². The molecule has 26 heavy (non-hydrogen) atoms. The van der Waals surface area contributed by atoms with Crippen LogP contribution in [0.1, 0.15) is 64.7 Å². The van der Waals surface area contributed by atoms with Crippen molar-refractivity contribution in [1.29, 1.82) is 0 Å². The number of hydrogen-bond donors (Lipinski definition) is 0. The Kier molecular flexibility index (Phi) is 3.23. The summed E-state index contributed by atoms with van der Waals surface area (Å²) in [6.07, 6.45) is 10.4. The highest BCUT2D eigenvalue weighted by Gasteiger charge is 2.63. The van der Waals surface area contributed by atoms with Crippen LogP contribution in [0.5, 0.6) is 0 Å². The third-order valence-corrected chi connectivity index (χ3v) is 9.41. The van der Waals surface area contributed by atoms with Crippen LogP contribution in [-0.4, -0.2) is 23.6 Å². The van der Waals surface area contributed by atoms with Crippen molar-refractivity contribution >= 4 is 11.9 Å². The second kappa shape index (κ2) is 5.26. The standard InChI is InChI=1S/C22H30O4/c1-2-22(14-6-11-5-12(8-14)9-15(22)7-11)26-21(24)18-13-3-4-16-17(10-13)25-20(23)19(16)18/h11-19H,2-10H2,1H3.